The lowest BCUT2D eigenvalue weighted by molar-refractivity contribution is 0.487. The summed E-state index contributed by atoms with van der Waals surface area (Å²) >= 11 is 0. The molecule has 3 nitrogen and oxygen atoms in total. The second kappa shape index (κ2) is 11.2. The first kappa shape index (κ1) is 28.8. The summed E-state index contributed by atoms with van der Waals surface area (Å²) in [6.45, 7) is 4.55. The molecule has 49 heavy (non-hydrogen) atoms. The summed E-state index contributed by atoms with van der Waals surface area (Å²) in [7, 11) is 0. The average Bonchev–Trinajstić information content (AvgIpc) is 3.10. The first-order valence-corrected chi connectivity index (χ1v) is 18.1. The Balaban J connectivity index is 1.22. The second-order valence-electron chi connectivity index (χ2n) is 14.4. The Bertz CT molecular complexity index is 2230. The quantitative estimate of drug-likeness (QED) is 0.163. The topological polar surface area (TPSA) is 15.7 Å². The number of rotatable bonds is 7. The summed E-state index contributed by atoms with van der Waals surface area (Å²) in [5.74, 6) is 1.88. The molecule has 0 amide bonds. The van der Waals surface area contributed by atoms with Gasteiger partial charge in [-0.1, -0.05) is 73.5 Å². The molecule has 0 saturated carbocycles. The molecule has 0 atom stereocenters. The van der Waals surface area contributed by atoms with Crippen molar-refractivity contribution in [2.45, 2.75) is 58.8 Å². The van der Waals surface area contributed by atoms with Crippen LogP contribution in [0.2, 0.25) is 0 Å². The third-order valence-electron chi connectivity index (χ3n) is 11.3. The van der Waals surface area contributed by atoms with Gasteiger partial charge in [0.2, 0.25) is 0 Å². The van der Waals surface area contributed by atoms with Gasteiger partial charge in [-0.2, -0.15) is 0 Å². The number of ether oxygens (including phenoxy) is 1. The molecule has 238 valence electrons. The smallest absolute Gasteiger partial charge is 0.256 e. The van der Waals surface area contributed by atoms with Crippen LogP contribution in [-0.4, -0.2) is 6.71 Å². The van der Waals surface area contributed by atoms with E-state index in [0.717, 1.165) is 36.4 Å². The first-order valence-electron chi connectivity index (χ1n) is 18.1. The van der Waals surface area contributed by atoms with Crippen molar-refractivity contribution >= 4 is 57.2 Å². The molecule has 2 aliphatic carbocycles. The molecule has 2 aliphatic heterocycles. The predicted octanol–water partition coefficient (Wildman–Crippen LogP) is 9.41. The van der Waals surface area contributed by atoms with Gasteiger partial charge in [0.25, 0.3) is 6.71 Å². The van der Waals surface area contributed by atoms with E-state index in [-0.39, 0.29) is 6.71 Å². The summed E-state index contributed by atoms with van der Waals surface area (Å²) in [5, 5.41) is 0. The molecule has 2 heterocycles. The normalized spacial score (nSPS) is 14.3. The van der Waals surface area contributed by atoms with Gasteiger partial charge in [-0.15, -0.1) is 0 Å². The maximum Gasteiger partial charge on any atom is 0.256 e. The Morgan fingerprint density at radius 2 is 1.35 bits per heavy atom. The molecule has 10 rings (SSSR count). The zero-order valence-corrected chi connectivity index (χ0v) is 28.3. The first-order chi connectivity index (χ1) is 24.1. The fourth-order valence-electron chi connectivity index (χ4n) is 8.49. The van der Waals surface area contributed by atoms with Crippen LogP contribution in [0.3, 0.4) is 0 Å². The number of fused-ring (bicyclic) bond motifs is 6. The van der Waals surface area contributed by atoms with Gasteiger partial charge < -0.3 is 14.5 Å². The minimum Gasteiger partial charge on any atom is -0.458 e. The van der Waals surface area contributed by atoms with Crippen molar-refractivity contribution in [2.75, 3.05) is 9.80 Å². The molecule has 0 N–H and O–H groups in total. The van der Waals surface area contributed by atoms with Crippen LogP contribution in [0, 0.1) is 6.92 Å². The molecule has 0 bridgehead atoms. The highest BCUT2D eigenvalue weighted by molar-refractivity contribution is 6.99. The highest BCUT2D eigenvalue weighted by Crippen LogP contribution is 2.46. The summed E-state index contributed by atoms with van der Waals surface area (Å²) in [6.07, 6.45) is 8.18. The van der Waals surface area contributed by atoms with E-state index in [1.165, 1.54) is 104 Å². The maximum atomic E-state index is 6.93. The Kier molecular flexibility index (Phi) is 6.56. The molecular weight excluding hydrogens is 595 g/mol. The summed E-state index contributed by atoms with van der Waals surface area (Å²) in [4.78, 5) is 4.95. The van der Waals surface area contributed by atoms with Gasteiger partial charge in [0.15, 0.2) is 0 Å². The molecule has 0 radical (unpaired) electrons. The lowest BCUT2D eigenvalue weighted by Gasteiger charge is -2.41. The van der Waals surface area contributed by atoms with Crippen LogP contribution in [0.15, 0.2) is 115 Å². The van der Waals surface area contributed by atoms with E-state index in [9.17, 15) is 0 Å². The van der Waals surface area contributed by atoms with E-state index in [0.29, 0.717) is 0 Å². The standard InChI is InChI=1S/C45H39BN2O/c1-3-4-7-30-11-19-35(20-12-30)48-41-23-10-29(2)24-40(41)46-39-8-5-6-9-43(39)49-44-28-38(27-42(48)45(44)46)47(36-21-17-31-13-15-33(31)25-36)37-22-18-32-14-16-34(32)26-37/h5-6,8-12,17-28H,3-4,7,13-16H2,1-2H3. The molecule has 0 unspecified atom stereocenters. The van der Waals surface area contributed by atoms with Crippen LogP contribution < -0.4 is 30.9 Å². The number of anilines is 6. The monoisotopic (exact) mass is 634 g/mol. The Morgan fingerprint density at radius 3 is 2.02 bits per heavy atom. The molecular formula is C45H39BN2O. The van der Waals surface area contributed by atoms with E-state index in [4.69, 9.17) is 4.74 Å². The van der Waals surface area contributed by atoms with Crippen molar-refractivity contribution in [3.63, 3.8) is 0 Å². The largest absolute Gasteiger partial charge is 0.458 e. The fraction of sp³-hybridized carbons (Fsp3) is 0.200. The van der Waals surface area contributed by atoms with Gasteiger partial charge in [0.1, 0.15) is 11.5 Å². The number of benzene rings is 6. The zero-order chi connectivity index (χ0) is 32.6. The lowest BCUT2D eigenvalue weighted by atomic mass is 9.34. The molecule has 0 spiro atoms. The molecule has 6 aromatic carbocycles. The van der Waals surface area contributed by atoms with Gasteiger partial charge in [0, 0.05) is 34.5 Å². The summed E-state index contributed by atoms with van der Waals surface area (Å²) in [6, 6.07) is 43.7. The van der Waals surface area contributed by atoms with Crippen LogP contribution in [0.4, 0.5) is 34.1 Å². The summed E-state index contributed by atoms with van der Waals surface area (Å²) in [5.41, 5.74) is 19.5. The number of para-hydroxylation sites is 1. The van der Waals surface area contributed by atoms with E-state index in [1.807, 2.05) is 0 Å². The molecule has 0 fully saturated rings. The number of hydrogen-bond acceptors (Lipinski definition) is 3. The fourth-order valence-corrected chi connectivity index (χ4v) is 8.49. The Hall–Kier alpha value is -5.22. The van der Waals surface area contributed by atoms with Crippen molar-refractivity contribution in [1.29, 1.82) is 0 Å². The number of unbranched alkanes of at least 4 members (excludes halogenated alkanes) is 1. The maximum absolute atomic E-state index is 6.93. The van der Waals surface area contributed by atoms with Gasteiger partial charge in [-0.3, -0.25) is 0 Å². The molecule has 0 saturated heterocycles. The minimum absolute atomic E-state index is 0.0837. The molecule has 4 aliphatic rings. The minimum atomic E-state index is 0.0837. The number of aryl methyl sites for hydroxylation is 6. The van der Waals surface area contributed by atoms with Crippen molar-refractivity contribution in [2.24, 2.45) is 0 Å². The highest BCUT2D eigenvalue weighted by atomic mass is 16.5. The number of nitrogens with zero attached hydrogens (tertiary/aromatic N) is 2. The molecule has 4 heteroatoms. The van der Waals surface area contributed by atoms with Crippen LogP contribution in [0.5, 0.6) is 11.5 Å². The van der Waals surface area contributed by atoms with E-state index < -0.39 is 0 Å². The van der Waals surface area contributed by atoms with Crippen molar-refractivity contribution in [3.8, 4) is 11.5 Å². The molecule has 6 aromatic rings. The van der Waals surface area contributed by atoms with Crippen LogP contribution in [-0.2, 0) is 32.1 Å². The number of hydrogen-bond donors (Lipinski definition) is 0. The van der Waals surface area contributed by atoms with Gasteiger partial charge in [-0.05, 0) is 144 Å². The highest BCUT2D eigenvalue weighted by Gasteiger charge is 2.42. The van der Waals surface area contributed by atoms with Crippen molar-refractivity contribution in [3.05, 3.63) is 149 Å². The van der Waals surface area contributed by atoms with E-state index >= 15 is 0 Å². The van der Waals surface area contributed by atoms with Crippen LogP contribution in [0.25, 0.3) is 0 Å². The van der Waals surface area contributed by atoms with Gasteiger partial charge in [0.05, 0.1) is 5.69 Å². The average molecular weight is 635 g/mol. The third-order valence-corrected chi connectivity index (χ3v) is 11.3. The van der Waals surface area contributed by atoms with Gasteiger partial charge in [-0.25, -0.2) is 0 Å². The van der Waals surface area contributed by atoms with Gasteiger partial charge >= 0.3 is 0 Å². The van der Waals surface area contributed by atoms with Crippen molar-refractivity contribution in [1.82, 2.24) is 0 Å². The second-order valence-corrected chi connectivity index (χ2v) is 14.4. The lowest BCUT2D eigenvalue weighted by Crippen LogP contribution is -2.59. The van der Waals surface area contributed by atoms with Crippen LogP contribution >= 0.6 is 0 Å². The third kappa shape index (κ3) is 4.57. The van der Waals surface area contributed by atoms with Crippen molar-refractivity contribution < 1.29 is 4.74 Å². The molecule has 0 aromatic heterocycles. The zero-order valence-electron chi connectivity index (χ0n) is 28.3. The van der Waals surface area contributed by atoms with Crippen LogP contribution in [0.1, 0.15) is 53.1 Å². The van der Waals surface area contributed by atoms with E-state index in [1.54, 1.807) is 0 Å². The van der Waals surface area contributed by atoms with E-state index in [2.05, 4.69) is 139 Å². The predicted molar refractivity (Wildman–Crippen MR) is 205 cm³/mol. The Morgan fingerprint density at radius 1 is 0.633 bits per heavy atom. The SMILES string of the molecule is CCCCc1ccc(N2c3ccc(C)cc3B3c4ccccc4Oc4cc(N(c5ccc6c(c5)CC6)c5ccc6c(c5)CC6)cc2c43)cc1. The summed E-state index contributed by atoms with van der Waals surface area (Å²) < 4.78 is 6.93. The Labute approximate surface area is 289 Å².